The normalized spacial score (nSPS) is 10.8. The number of carbonyl (C=O) groups excluding carboxylic acids is 1. The fraction of sp³-hybridized carbons (Fsp3) is 0.294. The Hall–Kier alpha value is -2.45. The van der Waals surface area contributed by atoms with Crippen LogP contribution in [0.15, 0.2) is 24.8 Å². The number of hydrogen-bond acceptors (Lipinski definition) is 3. The second kappa shape index (κ2) is 6.76. The van der Waals surface area contributed by atoms with Crippen molar-refractivity contribution in [1.29, 1.82) is 0 Å². The van der Waals surface area contributed by atoms with Crippen molar-refractivity contribution in [3.8, 4) is 11.8 Å². The number of nitrogens with one attached hydrogen (secondary N) is 1. The number of rotatable bonds is 2. The predicted octanol–water partition coefficient (Wildman–Crippen LogP) is 3.51. The monoisotopic (exact) mass is 331 g/mol. The minimum Gasteiger partial charge on any atom is -0.444 e. The lowest BCUT2D eigenvalue weighted by Gasteiger charge is -2.18. The highest BCUT2D eigenvalue weighted by molar-refractivity contribution is 6.29. The first-order chi connectivity index (χ1) is 10.8. The van der Waals surface area contributed by atoms with Crippen LogP contribution in [0.5, 0.6) is 0 Å². The molecule has 0 aliphatic carbocycles. The molecular weight excluding hydrogens is 314 g/mol. The van der Waals surface area contributed by atoms with Gasteiger partial charge in [0.2, 0.25) is 0 Å². The van der Waals surface area contributed by atoms with Gasteiger partial charge in [-0.1, -0.05) is 36.2 Å². The van der Waals surface area contributed by atoms with Gasteiger partial charge < -0.3 is 10.1 Å². The molecular formula is C17H18ClN3O2. The van der Waals surface area contributed by atoms with Crippen LogP contribution >= 0.6 is 11.6 Å². The Labute approximate surface area is 140 Å². The molecule has 2 rings (SSSR count). The van der Waals surface area contributed by atoms with Crippen LogP contribution in [0, 0.1) is 11.8 Å². The highest BCUT2D eigenvalue weighted by Gasteiger charge is 2.15. The summed E-state index contributed by atoms with van der Waals surface area (Å²) < 4.78 is 6.73. The van der Waals surface area contributed by atoms with E-state index in [0.717, 1.165) is 11.1 Å². The maximum atomic E-state index is 11.5. The number of fused-ring (bicyclic) bond motifs is 1. The van der Waals surface area contributed by atoms with Crippen LogP contribution in [0.25, 0.3) is 11.6 Å². The summed E-state index contributed by atoms with van der Waals surface area (Å²) in [6.45, 7) is 9.35. The summed E-state index contributed by atoms with van der Waals surface area (Å²) >= 11 is 6.11. The van der Waals surface area contributed by atoms with Crippen LogP contribution in [0.2, 0.25) is 5.15 Å². The Morgan fingerprint density at radius 2 is 2.26 bits per heavy atom. The van der Waals surface area contributed by atoms with Crippen LogP contribution < -0.4 is 5.32 Å². The van der Waals surface area contributed by atoms with Crippen molar-refractivity contribution < 1.29 is 9.53 Å². The summed E-state index contributed by atoms with van der Waals surface area (Å²) in [7, 11) is 0. The highest BCUT2D eigenvalue weighted by Crippen LogP contribution is 2.20. The minimum atomic E-state index is -0.536. The molecule has 6 heteroatoms. The molecule has 0 bridgehead atoms. The summed E-state index contributed by atoms with van der Waals surface area (Å²) in [5.41, 5.74) is 1.65. The SMILES string of the molecule is C=Cc1c(C#CCNC(=O)OC(C)(C)C)nn2c(Cl)cccc12. The molecule has 0 saturated heterocycles. The number of hydrogen-bond donors (Lipinski definition) is 1. The van der Waals surface area contributed by atoms with Gasteiger partial charge in [-0.2, -0.15) is 5.10 Å². The van der Waals surface area contributed by atoms with Gasteiger partial charge in [0, 0.05) is 5.56 Å². The van der Waals surface area contributed by atoms with E-state index >= 15 is 0 Å². The zero-order chi connectivity index (χ0) is 17.0. The van der Waals surface area contributed by atoms with Gasteiger partial charge in [-0.25, -0.2) is 9.31 Å². The van der Waals surface area contributed by atoms with Gasteiger partial charge in [-0.05, 0) is 38.8 Å². The van der Waals surface area contributed by atoms with Crippen LogP contribution in [0.3, 0.4) is 0 Å². The number of halogens is 1. The maximum absolute atomic E-state index is 11.5. The molecule has 2 heterocycles. The molecule has 0 unspecified atom stereocenters. The first-order valence-corrected chi connectivity index (χ1v) is 7.45. The fourth-order valence-electron chi connectivity index (χ4n) is 1.91. The van der Waals surface area contributed by atoms with Gasteiger partial charge in [-0.15, -0.1) is 0 Å². The van der Waals surface area contributed by atoms with Crippen LogP contribution in [0.4, 0.5) is 4.79 Å². The molecule has 1 N–H and O–H groups in total. The van der Waals surface area contributed by atoms with Crippen LogP contribution in [0.1, 0.15) is 32.0 Å². The van der Waals surface area contributed by atoms with Gasteiger partial charge in [0.05, 0.1) is 12.1 Å². The van der Waals surface area contributed by atoms with Crippen LogP contribution in [-0.4, -0.2) is 27.9 Å². The third-order valence-electron chi connectivity index (χ3n) is 2.78. The van der Waals surface area contributed by atoms with E-state index in [1.165, 1.54) is 0 Å². The molecule has 120 valence electrons. The molecule has 0 aromatic carbocycles. The number of amides is 1. The Balaban J connectivity index is 2.13. The van der Waals surface area contributed by atoms with E-state index in [0.29, 0.717) is 10.8 Å². The lowest BCUT2D eigenvalue weighted by atomic mass is 10.2. The zero-order valence-corrected chi connectivity index (χ0v) is 14.1. The third-order valence-corrected chi connectivity index (χ3v) is 3.07. The molecule has 2 aromatic heterocycles. The van der Waals surface area contributed by atoms with Gasteiger partial charge in [0.15, 0.2) is 0 Å². The molecule has 0 radical (unpaired) electrons. The van der Waals surface area contributed by atoms with E-state index in [9.17, 15) is 4.79 Å². The number of pyridine rings is 1. The summed E-state index contributed by atoms with van der Waals surface area (Å²) in [6.07, 6.45) is 1.18. The molecule has 5 nitrogen and oxygen atoms in total. The van der Waals surface area contributed by atoms with Crippen molar-refractivity contribution in [2.75, 3.05) is 6.54 Å². The third kappa shape index (κ3) is 4.27. The van der Waals surface area contributed by atoms with Crippen molar-refractivity contribution >= 4 is 29.3 Å². The van der Waals surface area contributed by atoms with Gasteiger partial charge in [-0.3, -0.25) is 0 Å². The first kappa shape index (κ1) is 16.9. The quantitative estimate of drug-likeness (QED) is 0.677. The topological polar surface area (TPSA) is 55.6 Å². The van der Waals surface area contributed by atoms with Crippen molar-refractivity contribution in [1.82, 2.24) is 14.9 Å². The van der Waals surface area contributed by atoms with E-state index in [1.54, 1.807) is 37.4 Å². The lowest BCUT2D eigenvalue weighted by molar-refractivity contribution is 0.0535. The van der Waals surface area contributed by atoms with E-state index < -0.39 is 11.7 Å². The van der Waals surface area contributed by atoms with E-state index in [2.05, 4.69) is 28.8 Å². The lowest BCUT2D eigenvalue weighted by Crippen LogP contribution is -2.32. The van der Waals surface area contributed by atoms with Gasteiger partial charge in [0.1, 0.15) is 16.4 Å². The predicted molar refractivity (Wildman–Crippen MR) is 91.4 cm³/mol. The van der Waals surface area contributed by atoms with Crippen molar-refractivity contribution in [2.24, 2.45) is 0 Å². The second-order valence-electron chi connectivity index (χ2n) is 5.77. The highest BCUT2D eigenvalue weighted by atomic mass is 35.5. The standard InChI is InChI=1S/C17H18ClN3O2/c1-5-12-13(20-21-14(12)9-6-10-15(21)18)8-7-11-19-16(22)23-17(2,3)4/h5-6,9-10H,1,11H2,2-4H3,(H,19,22). The summed E-state index contributed by atoms with van der Waals surface area (Å²) in [4.78, 5) is 11.5. The van der Waals surface area contributed by atoms with Gasteiger partial charge >= 0.3 is 6.09 Å². The van der Waals surface area contributed by atoms with Crippen molar-refractivity contribution in [3.05, 3.63) is 41.2 Å². The van der Waals surface area contributed by atoms with Gasteiger partial charge in [0.25, 0.3) is 0 Å². The Morgan fingerprint density at radius 1 is 1.52 bits per heavy atom. The van der Waals surface area contributed by atoms with Crippen LogP contribution in [-0.2, 0) is 4.74 Å². The minimum absolute atomic E-state index is 0.160. The summed E-state index contributed by atoms with van der Waals surface area (Å²) in [5.74, 6) is 5.76. The molecule has 0 aliphatic rings. The average Bonchev–Trinajstić information content (AvgIpc) is 2.81. The molecule has 0 spiro atoms. The Bertz CT molecular complexity index is 807. The zero-order valence-electron chi connectivity index (χ0n) is 13.3. The Kier molecular flexibility index (Phi) is 4.97. The fourth-order valence-corrected chi connectivity index (χ4v) is 2.11. The molecule has 2 aromatic rings. The maximum Gasteiger partial charge on any atom is 0.408 e. The molecule has 0 aliphatic heterocycles. The smallest absolute Gasteiger partial charge is 0.408 e. The van der Waals surface area contributed by atoms with Crippen molar-refractivity contribution in [3.63, 3.8) is 0 Å². The number of nitrogens with zero attached hydrogens (tertiary/aromatic N) is 2. The molecule has 0 atom stereocenters. The molecule has 0 fully saturated rings. The Morgan fingerprint density at radius 3 is 2.91 bits per heavy atom. The van der Waals surface area contributed by atoms with Crippen molar-refractivity contribution in [2.45, 2.75) is 26.4 Å². The second-order valence-corrected chi connectivity index (χ2v) is 6.16. The largest absolute Gasteiger partial charge is 0.444 e. The molecule has 0 saturated carbocycles. The average molecular weight is 332 g/mol. The number of ether oxygens (including phenoxy) is 1. The molecule has 1 amide bonds. The number of aromatic nitrogens is 2. The molecule has 23 heavy (non-hydrogen) atoms. The number of alkyl carbamates (subject to hydrolysis) is 1. The van der Waals surface area contributed by atoms with E-state index in [1.807, 2.05) is 12.1 Å². The van der Waals surface area contributed by atoms with E-state index in [4.69, 9.17) is 16.3 Å². The summed E-state index contributed by atoms with van der Waals surface area (Å²) in [5, 5.41) is 7.42. The summed E-state index contributed by atoms with van der Waals surface area (Å²) in [6, 6.07) is 5.48. The van der Waals surface area contributed by atoms with E-state index in [-0.39, 0.29) is 6.54 Å². The first-order valence-electron chi connectivity index (χ1n) is 7.07. The number of carbonyl (C=O) groups is 1.